The smallest absolute Gasteiger partial charge is 0.204 e. The topological polar surface area (TPSA) is 55.4 Å². The zero-order valence-electron chi connectivity index (χ0n) is 20.6. The monoisotopic (exact) mass is 480 g/mol. The summed E-state index contributed by atoms with van der Waals surface area (Å²) in [6, 6.07) is 8.32. The summed E-state index contributed by atoms with van der Waals surface area (Å²) in [4.78, 5) is 2.42. The average Bonchev–Trinajstić information content (AvgIpc) is 3.09. The van der Waals surface area contributed by atoms with Gasteiger partial charge in [-0.1, -0.05) is 76.8 Å². The van der Waals surface area contributed by atoms with E-state index in [1.165, 1.54) is 57.8 Å². The Balaban J connectivity index is 0.00000385. The average molecular weight is 481 g/mol. The van der Waals surface area contributed by atoms with Crippen LogP contribution in [0.3, 0.4) is 0 Å². The summed E-state index contributed by atoms with van der Waals surface area (Å²) in [5.74, 6) is 0. The maximum atomic E-state index is 8.75. The van der Waals surface area contributed by atoms with Crippen LogP contribution in [0.4, 0.5) is 0 Å². The van der Waals surface area contributed by atoms with Gasteiger partial charge in [0.2, 0.25) is 5.62 Å². The fraction of sp³-hybridized carbons (Fsp3) is 0.731. The van der Waals surface area contributed by atoms with Crippen LogP contribution in [-0.4, -0.2) is 53.5 Å². The standard InChI is InChI=1S/C26H44N4O2.ClH/c1-2-3-4-5-6-7-8-9-10-13-20-32-23-30-25-15-12-11-14-24(25)29(26(30)27)17-16-28-18-21-31-22-19-28;/h11-12,14-15,27H,2-10,13,16-23H2,1H3;1H. The van der Waals surface area contributed by atoms with Crippen LogP contribution in [0, 0.1) is 5.41 Å². The molecule has 7 heteroatoms. The number of benzene rings is 1. The second-order valence-corrected chi connectivity index (χ2v) is 9.07. The van der Waals surface area contributed by atoms with Crippen LogP contribution in [0.2, 0.25) is 0 Å². The van der Waals surface area contributed by atoms with Crippen molar-refractivity contribution in [3.63, 3.8) is 0 Å². The minimum Gasteiger partial charge on any atom is -0.379 e. The summed E-state index contributed by atoms with van der Waals surface area (Å²) in [6.07, 6.45) is 13.3. The number of para-hydroxylation sites is 2. The molecule has 2 heterocycles. The Labute approximate surface area is 206 Å². The third-order valence-electron chi connectivity index (χ3n) is 6.58. The zero-order valence-corrected chi connectivity index (χ0v) is 21.4. The van der Waals surface area contributed by atoms with Gasteiger partial charge in [0.05, 0.1) is 24.2 Å². The van der Waals surface area contributed by atoms with Crippen molar-refractivity contribution in [2.75, 3.05) is 39.5 Å². The van der Waals surface area contributed by atoms with Gasteiger partial charge in [-0.2, -0.15) is 0 Å². The molecule has 1 aliphatic heterocycles. The van der Waals surface area contributed by atoms with Gasteiger partial charge in [-0.3, -0.25) is 14.9 Å². The number of morpholine rings is 1. The van der Waals surface area contributed by atoms with E-state index in [1.54, 1.807) is 0 Å². The molecule has 1 N–H and O–H groups in total. The Morgan fingerprint density at radius 1 is 0.818 bits per heavy atom. The number of imidazole rings is 1. The second kappa shape index (κ2) is 16.3. The Hall–Kier alpha value is -1.34. The predicted octanol–water partition coefficient (Wildman–Crippen LogP) is 5.57. The van der Waals surface area contributed by atoms with Crippen molar-refractivity contribution in [1.82, 2.24) is 14.0 Å². The van der Waals surface area contributed by atoms with Crippen molar-refractivity contribution < 1.29 is 9.47 Å². The van der Waals surface area contributed by atoms with E-state index in [0.29, 0.717) is 12.3 Å². The van der Waals surface area contributed by atoms with Crippen molar-refractivity contribution in [3.8, 4) is 0 Å². The Kier molecular flexibility index (Phi) is 13.8. The highest BCUT2D eigenvalue weighted by Gasteiger charge is 2.14. The lowest BCUT2D eigenvalue weighted by Crippen LogP contribution is -2.39. The molecule has 0 amide bonds. The molecule has 0 atom stereocenters. The number of nitrogens with one attached hydrogen (secondary N) is 1. The highest BCUT2D eigenvalue weighted by Crippen LogP contribution is 2.14. The molecule has 3 rings (SSSR count). The first-order chi connectivity index (χ1) is 15.8. The molecule has 33 heavy (non-hydrogen) atoms. The summed E-state index contributed by atoms with van der Waals surface area (Å²) in [6.45, 7) is 8.87. The first-order valence-electron chi connectivity index (χ1n) is 12.9. The highest BCUT2D eigenvalue weighted by molar-refractivity contribution is 5.85. The number of rotatable bonds is 16. The molecular formula is C26H45ClN4O2. The van der Waals surface area contributed by atoms with Crippen molar-refractivity contribution in [1.29, 1.82) is 5.41 Å². The minimum absolute atomic E-state index is 0. The van der Waals surface area contributed by atoms with Gasteiger partial charge >= 0.3 is 0 Å². The van der Waals surface area contributed by atoms with Gasteiger partial charge in [0.25, 0.3) is 0 Å². The molecule has 1 aromatic carbocycles. The molecule has 1 fully saturated rings. The fourth-order valence-electron chi connectivity index (χ4n) is 4.57. The van der Waals surface area contributed by atoms with Crippen molar-refractivity contribution in [3.05, 3.63) is 29.9 Å². The number of ether oxygens (including phenoxy) is 2. The number of fused-ring (bicyclic) bond motifs is 1. The molecule has 188 valence electrons. The molecule has 0 aliphatic carbocycles. The summed E-state index contributed by atoms with van der Waals surface area (Å²) >= 11 is 0. The van der Waals surface area contributed by atoms with Gasteiger partial charge in [-0.25, -0.2) is 0 Å². The maximum Gasteiger partial charge on any atom is 0.204 e. The molecule has 0 bridgehead atoms. The van der Waals surface area contributed by atoms with E-state index in [0.717, 1.165) is 63.5 Å². The van der Waals surface area contributed by atoms with Crippen LogP contribution in [0.5, 0.6) is 0 Å². The van der Waals surface area contributed by atoms with Crippen molar-refractivity contribution >= 4 is 23.4 Å². The van der Waals surface area contributed by atoms with Crippen LogP contribution in [0.25, 0.3) is 11.0 Å². The van der Waals surface area contributed by atoms with Crippen molar-refractivity contribution in [2.24, 2.45) is 0 Å². The first kappa shape index (κ1) is 27.9. The van der Waals surface area contributed by atoms with E-state index in [2.05, 4.69) is 34.6 Å². The SMILES string of the molecule is CCCCCCCCCCCCOCn1c(=N)n(CCN2CCOCC2)c2ccccc21.Cl. The molecule has 2 aromatic rings. The van der Waals surface area contributed by atoms with Gasteiger partial charge in [0.1, 0.15) is 6.73 Å². The summed E-state index contributed by atoms with van der Waals surface area (Å²) < 4.78 is 15.6. The van der Waals surface area contributed by atoms with Gasteiger partial charge < -0.3 is 14.0 Å². The van der Waals surface area contributed by atoms with Crippen LogP contribution in [-0.2, 0) is 22.7 Å². The zero-order chi connectivity index (χ0) is 22.4. The van der Waals surface area contributed by atoms with E-state index in [4.69, 9.17) is 14.9 Å². The number of hydrogen-bond acceptors (Lipinski definition) is 4. The number of unbranched alkanes of at least 4 members (excludes halogenated alkanes) is 9. The van der Waals surface area contributed by atoms with Crippen molar-refractivity contribution in [2.45, 2.75) is 84.4 Å². The lowest BCUT2D eigenvalue weighted by Gasteiger charge is -2.26. The second-order valence-electron chi connectivity index (χ2n) is 9.07. The Morgan fingerprint density at radius 3 is 2.03 bits per heavy atom. The van der Waals surface area contributed by atoms with E-state index in [9.17, 15) is 0 Å². The van der Waals surface area contributed by atoms with E-state index in [1.807, 2.05) is 10.6 Å². The molecule has 0 radical (unpaired) electrons. The van der Waals surface area contributed by atoms with Crippen LogP contribution in [0.1, 0.15) is 71.1 Å². The van der Waals surface area contributed by atoms with Gasteiger partial charge in [-0.05, 0) is 18.6 Å². The molecule has 1 aromatic heterocycles. The minimum atomic E-state index is 0. The fourth-order valence-corrected chi connectivity index (χ4v) is 4.57. The van der Waals surface area contributed by atoms with E-state index in [-0.39, 0.29) is 12.4 Å². The Bertz CT molecular complexity index is 829. The molecule has 0 unspecified atom stereocenters. The third-order valence-corrected chi connectivity index (χ3v) is 6.58. The van der Waals surface area contributed by atoms with Gasteiger partial charge in [0, 0.05) is 32.8 Å². The Morgan fingerprint density at radius 2 is 1.39 bits per heavy atom. The first-order valence-corrected chi connectivity index (χ1v) is 12.9. The normalized spacial score (nSPS) is 14.6. The maximum absolute atomic E-state index is 8.75. The van der Waals surface area contributed by atoms with Crippen LogP contribution in [0.15, 0.2) is 24.3 Å². The molecule has 0 spiro atoms. The highest BCUT2D eigenvalue weighted by atomic mass is 35.5. The molecule has 1 saturated heterocycles. The van der Waals surface area contributed by atoms with Crippen LogP contribution >= 0.6 is 12.4 Å². The molecular weight excluding hydrogens is 436 g/mol. The quantitative estimate of drug-likeness (QED) is 0.319. The van der Waals surface area contributed by atoms with E-state index >= 15 is 0 Å². The number of halogens is 1. The lowest BCUT2D eigenvalue weighted by atomic mass is 10.1. The predicted molar refractivity (Wildman–Crippen MR) is 138 cm³/mol. The number of hydrogen-bond donors (Lipinski definition) is 1. The van der Waals surface area contributed by atoms with Crippen LogP contribution < -0.4 is 5.62 Å². The molecule has 6 nitrogen and oxygen atoms in total. The number of aromatic nitrogens is 2. The molecule has 1 aliphatic rings. The van der Waals surface area contributed by atoms with Gasteiger partial charge in [0.15, 0.2) is 0 Å². The molecule has 0 saturated carbocycles. The summed E-state index contributed by atoms with van der Waals surface area (Å²) in [5.41, 5.74) is 2.73. The summed E-state index contributed by atoms with van der Waals surface area (Å²) in [5, 5.41) is 8.75. The lowest BCUT2D eigenvalue weighted by molar-refractivity contribution is 0.0362. The third kappa shape index (κ3) is 9.08. The summed E-state index contributed by atoms with van der Waals surface area (Å²) in [7, 11) is 0. The number of nitrogens with zero attached hydrogens (tertiary/aromatic N) is 3. The van der Waals surface area contributed by atoms with Gasteiger partial charge in [-0.15, -0.1) is 12.4 Å². The van der Waals surface area contributed by atoms with E-state index < -0.39 is 0 Å². The largest absolute Gasteiger partial charge is 0.379 e.